The van der Waals surface area contributed by atoms with Gasteiger partial charge in [0.15, 0.2) is 5.69 Å². The number of rotatable bonds is 4. The van der Waals surface area contributed by atoms with Crippen LogP contribution in [0.25, 0.3) is 6.08 Å². The number of fused-ring (bicyclic) bond motifs is 1. The van der Waals surface area contributed by atoms with Crippen molar-refractivity contribution in [3.63, 3.8) is 0 Å². The van der Waals surface area contributed by atoms with Crippen molar-refractivity contribution in [2.75, 3.05) is 13.7 Å². The van der Waals surface area contributed by atoms with Crippen LogP contribution in [-0.4, -0.2) is 41.2 Å². The fourth-order valence-corrected chi connectivity index (χ4v) is 1.78. The molecule has 0 amide bonds. The third-order valence-electron chi connectivity index (χ3n) is 2.60. The minimum absolute atomic E-state index is 0.0304. The summed E-state index contributed by atoms with van der Waals surface area (Å²) in [4.78, 5) is 34.7. The third-order valence-corrected chi connectivity index (χ3v) is 2.60. The van der Waals surface area contributed by atoms with Crippen molar-refractivity contribution in [3.8, 4) is 0 Å². The van der Waals surface area contributed by atoms with Crippen molar-refractivity contribution in [3.05, 3.63) is 23.0 Å². The lowest BCUT2D eigenvalue weighted by atomic mass is 10.2. The molecule has 0 fully saturated rings. The second-order valence-corrected chi connectivity index (χ2v) is 3.76. The number of aromatic nitrogens is 2. The molecule has 0 saturated carbocycles. The van der Waals surface area contributed by atoms with E-state index < -0.39 is 11.9 Å². The number of nitrogens with zero attached hydrogens (tertiary/aromatic N) is 2. The first-order valence-electron chi connectivity index (χ1n) is 5.65. The fourth-order valence-electron chi connectivity index (χ4n) is 1.78. The summed E-state index contributed by atoms with van der Waals surface area (Å²) < 4.78 is 10.5. The van der Waals surface area contributed by atoms with E-state index in [1.165, 1.54) is 19.3 Å². The molecule has 1 aromatic heterocycles. The zero-order valence-electron chi connectivity index (χ0n) is 10.5. The maximum atomic E-state index is 11.7. The molecular formula is C12H12N2O5. The summed E-state index contributed by atoms with van der Waals surface area (Å²) in [7, 11) is 1.23. The van der Waals surface area contributed by atoms with Crippen LogP contribution in [0.5, 0.6) is 0 Å². The predicted molar refractivity (Wildman–Crippen MR) is 63.6 cm³/mol. The Hall–Kier alpha value is -2.44. The van der Waals surface area contributed by atoms with Crippen molar-refractivity contribution in [2.45, 2.75) is 13.5 Å². The van der Waals surface area contributed by atoms with Crippen LogP contribution in [0, 0.1) is 0 Å². The van der Waals surface area contributed by atoms with Gasteiger partial charge in [-0.25, -0.2) is 9.48 Å². The number of allylic oxidation sites excluding steroid dienone is 1. The molecule has 0 aliphatic heterocycles. The van der Waals surface area contributed by atoms with E-state index in [1.54, 1.807) is 6.92 Å². The Morgan fingerprint density at radius 2 is 2.11 bits per heavy atom. The number of esters is 2. The summed E-state index contributed by atoms with van der Waals surface area (Å²) in [6, 6.07) is 0. The summed E-state index contributed by atoms with van der Waals surface area (Å²) in [5, 5.41) is 3.96. The molecule has 0 bridgehead atoms. The highest BCUT2D eigenvalue weighted by Gasteiger charge is 2.29. The van der Waals surface area contributed by atoms with E-state index in [0.717, 1.165) is 4.68 Å². The Morgan fingerprint density at radius 1 is 1.37 bits per heavy atom. The van der Waals surface area contributed by atoms with Crippen LogP contribution in [0.15, 0.2) is 6.08 Å². The average molecular weight is 264 g/mol. The summed E-state index contributed by atoms with van der Waals surface area (Å²) in [6.45, 7) is 1.64. The quantitative estimate of drug-likeness (QED) is 0.733. The minimum Gasteiger partial charge on any atom is -0.468 e. The second kappa shape index (κ2) is 5.05. The lowest BCUT2D eigenvalue weighted by molar-refractivity contribution is -0.141. The van der Waals surface area contributed by atoms with E-state index in [1.807, 2.05) is 0 Å². The number of ketones is 1. The molecule has 1 aromatic rings. The first-order chi connectivity index (χ1) is 9.08. The summed E-state index contributed by atoms with van der Waals surface area (Å²) in [5.74, 6) is -1.48. The first kappa shape index (κ1) is 13.0. The average Bonchev–Trinajstić information content (AvgIpc) is 2.92. The monoisotopic (exact) mass is 264 g/mol. The molecule has 1 aliphatic carbocycles. The zero-order chi connectivity index (χ0) is 14.0. The minimum atomic E-state index is -0.623. The maximum absolute atomic E-state index is 11.7. The molecule has 0 unspecified atom stereocenters. The smallest absolute Gasteiger partial charge is 0.359 e. The molecular weight excluding hydrogens is 252 g/mol. The number of hydrogen-bond donors (Lipinski definition) is 0. The van der Waals surface area contributed by atoms with Gasteiger partial charge in [-0.05, 0) is 19.1 Å². The SMILES string of the molecule is CCOC(=O)c1nn(CC(=O)OC)c2c1C=CC2=O. The van der Waals surface area contributed by atoms with Crippen LogP contribution in [-0.2, 0) is 20.8 Å². The maximum Gasteiger partial charge on any atom is 0.359 e. The standard InChI is InChI=1S/C12H12N2O5/c1-3-19-12(17)10-7-4-5-8(15)11(7)14(13-10)6-9(16)18-2/h4-5H,3,6H2,1-2H3. The van der Waals surface area contributed by atoms with E-state index in [4.69, 9.17) is 4.74 Å². The van der Waals surface area contributed by atoms with Gasteiger partial charge in [0.25, 0.3) is 0 Å². The summed E-state index contributed by atoms with van der Waals surface area (Å²) >= 11 is 0. The van der Waals surface area contributed by atoms with E-state index in [2.05, 4.69) is 9.84 Å². The second-order valence-electron chi connectivity index (χ2n) is 3.76. The highest BCUT2D eigenvalue weighted by molar-refractivity contribution is 6.15. The Kier molecular flexibility index (Phi) is 3.46. The van der Waals surface area contributed by atoms with Gasteiger partial charge >= 0.3 is 11.9 Å². The van der Waals surface area contributed by atoms with Gasteiger partial charge in [-0.3, -0.25) is 9.59 Å². The van der Waals surface area contributed by atoms with E-state index in [-0.39, 0.29) is 30.3 Å². The lowest BCUT2D eigenvalue weighted by Crippen LogP contribution is -2.17. The van der Waals surface area contributed by atoms with E-state index in [0.29, 0.717) is 5.56 Å². The predicted octanol–water partition coefficient (Wildman–Crippen LogP) is 0.442. The van der Waals surface area contributed by atoms with Gasteiger partial charge in [-0.1, -0.05) is 0 Å². The van der Waals surface area contributed by atoms with Gasteiger partial charge in [-0.15, -0.1) is 0 Å². The van der Waals surface area contributed by atoms with Crippen molar-refractivity contribution in [2.24, 2.45) is 0 Å². The molecule has 7 nitrogen and oxygen atoms in total. The fraction of sp³-hybridized carbons (Fsp3) is 0.333. The molecule has 7 heteroatoms. The van der Waals surface area contributed by atoms with Crippen LogP contribution in [0.3, 0.4) is 0 Å². The normalized spacial score (nSPS) is 12.4. The number of carbonyl (C=O) groups is 3. The molecule has 1 aliphatic rings. The molecule has 0 spiro atoms. The van der Waals surface area contributed by atoms with E-state index >= 15 is 0 Å². The molecule has 100 valence electrons. The van der Waals surface area contributed by atoms with Crippen LogP contribution in [0.1, 0.15) is 33.5 Å². The molecule has 0 saturated heterocycles. The molecule has 0 N–H and O–H groups in total. The lowest BCUT2D eigenvalue weighted by Gasteiger charge is -2.02. The molecule has 19 heavy (non-hydrogen) atoms. The van der Waals surface area contributed by atoms with Crippen molar-refractivity contribution < 1.29 is 23.9 Å². The highest BCUT2D eigenvalue weighted by Crippen LogP contribution is 2.24. The van der Waals surface area contributed by atoms with Gasteiger partial charge < -0.3 is 9.47 Å². The van der Waals surface area contributed by atoms with Gasteiger partial charge in [0.2, 0.25) is 5.78 Å². The van der Waals surface area contributed by atoms with Crippen LogP contribution < -0.4 is 0 Å². The van der Waals surface area contributed by atoms with Crippen LogP contribution in [0.4, 0.5) is 0 Å². The van der Waals surface area contributed by atoms with Crippen molar-refractivity contribution >= 4 is 23.8 Å². The van der Waals surface area contributed by atoms with Gasteiger partial charge in [0.05, 0.1) is 13.7 Å². The topological polar surface area (TPSA) is 87.5 Å². The van der Waals surface area contributed by atoms with Gasteiger partial charge in [-0.2, -0.15) is 5.10 Å². The number of hydrogen-bond acceptors (Lipinski definition) is 6. The zero-order valence-corrected chi connectivity index (χ0v) is 10.5. The van der Waals surface area contributed by atoms with Crippen LogP contribution >= 0.6 is 0 Å². The first-order valence-corrected chi connectivity index (χ1v) is 5.65. The number of methoxy groups -OCH3 is 1. The Morgan fingerprint density at radius 3 is 2.74 bits per heavy atom. The largest absolute Gasteiger partial charge is 0.468 e. The summed E-state index contributed by atoms with van der Waals surface area (Å²) in [6.07, 6.45) is 2.81. The highest BCUT2D eigenvalue weighted by atomic mass is 16.5. The Balaban J connectivity index is 2.42. The Labute approximate surface area is 108 Å². The molecule has 0 aromatic carbocycles. The van der Waals surface area contributed by atoms with Crippen molar-refractivity contribution in [1.29, 1.82) is 0 Å². The molecule has 1 heterocycles. The Bertz CT molecular complexity index is 585. The van der Waals surface area contributed by atoms with Gasteiger partial charge in [0.1, 0.15) is 12.2 Å². The van der Waals surface area contributed by atoms with Crippen molar-refractivity contribution in [1.82, 2.24) is 9.78 Å². The molecule has 0 radical (unpaired) electrons. The van der Waals surface area contributed by atoms with Crippen LogP contribution in [0.2, 0.25) is 0 Å². The summed E-state index contributed by atoms with van der Waals surface area (Å²) in [5.41, 5.74) is 0.614. The third kappa shape index (κ3) is 2.26. The molecule has 2 rings (SSSR count). The van der Waals surface area contributed by atoms with Gasteiger partial charge in [0, 0.05) is 5.56 Å². The number of carbonyl (C=O) groups excluding carboxylic acids is 3. The van der Waals surface area contributed by atoms with E-state index in [9.17, 15) is 14.4 Å². The number of ether oxygens (including phenoxy) is 2. The molecule has 0 atom stereocenters.